The van der Waals surface area contributed by atoms with Crippen LogP contribution in [0.4, 0.5) is 0 Å². The van der Waals surface area contributed by atoms with E-state index >= 15 is 0 Å². The zero-order valence-corrected chi connectivity index (χ0v) is 14.2. The second kappa shape index (κ2) is 6.73. The lowest BCUT2D eigenvalue weighted by atomic mass is 9.99. The van der Waals surface area contributed by atoms with Crippen molar-refractivity contribution in [3.63, 3.8) is 0 Å². The van der Waals surface area contributed by atoms with Crippen LogP contribution in [0.15, 0.2) is 43.9 Å². The van der Waals surface area contributed by atoms with Crippen LogP contribution in [-0.2, 0) is 0 Å². The highest BCUT2D eigenvalue weighted by molar-refractivity contribution is 9.10. The number of benzene rings is 1. The summed E-state index contributed by atoms with van der Waals surface area (Å²) in [6.45, 7) is 5.24. The van der Waals surface area contributed by atoms with Crippen molar-refractivity contribution in [2.45, 2.75) is 26.3 Å². The third-order valence-electron chi connectivity index (χ3n) is 3.03. The minimum atomic E-state index is 0.0868. The molecule has 0 aliphatic heterocycles. The molecule has 1 atom stereocenters. The molecule has 0 spiro atoms. The van der Waals surface area contributed by atoms with Gasteiger partial charge in [0.1, 0.15) is 5.76 Å². The number of hydrogen-bond acceptors (Lipinski definition) is 2. The van der Waals surface area contributed by atoms with Crippen molar-refractivity contribution in [3.05, 3.63) is 56.4 Å². The van der Waals surface area contributed by atoms with Gasteiger partial charge in [-0.1, -0.05) is 28.9 Å². The third-order valence-corrected chi connectivity index (χ3v) is 3.95. The Balaban J connectivity index is 2.39. The Labute approximate surface area is 130 Å². The van der Waals surface area contributed by atoms with E-state index in [0.29, 0.717) is 0 Å². The molecule has 19 heavy (non-hydrogen) atoms. The first-order valence-electron chi connectivity index (χ1n) is 6.36. The molecule has 2 rings (SSSR count). The van der Waals surface area contributed by atoms with E-state index in [0.717, 1.165) is 27.9 Å². The molecular formula is C15H17Br2NO. The molecule has 0 fully saturated rings. The van der Waals surface area contributed by atoms with Crippen molar-refractivity contribution >= 4 is 31.9 Å². The predicted octanol–water partition coefficient (Wildman–Crippen LogP) is 5.20. The predicted molar refractivity (Wildman–Crippen MR) is 85.4 cm³/mol. The van der Waals surface area contributed by atoms with Gasteiger partial charge >= 0.3 is 0 Å². The maximum atomic E-state index is 5.73. The minimum Gasteiger partial charge on any atom is -0.452 e. The molecule has 0 saturated heterocycles. The summed E-state index contributed by atoms with van der Waals surface area (Å²) in [7, 11) is 0. The molecule has 0 bridgehead atoms. The maximum Gasteiger partial charge on any atom is 0.169 e. The lowest BCUT2D eigenvalue weighted by Crippen LogP contribution is -2.23. The second-order valence-electron chi connectivity index (χ2n) is 4.53. The van der Waals surface area contributed by atoms with Crippen molar-refractivity contribution in [1.29, 1.82) is 0 Å². The molecule has 1 aromatic carbocycles. The fraction of sp³-hybridized carbons (Fsp3) is 0.333. The molecule has 2 nitrogen and oxygen atoms in total. The summed E-state index contributed by atoms with van der Waals surface area (Å²) in [5.74, 6) is 0.932. The third kappa shape index (κ3) is 3.71. The van der Waals surface area contributed by atoms with Gasteiger partial charge in [0.05, 0.1) is 6.04 Å². The van der Waals surface area contributed by atoms with Crippen LogP contribution in [0.5, 0.6) is 0 Å². The molecule has 102 valence electrons. The van der Waals surface area contributed by atoms with Crippen LogP contribution in [0.25, 0.3) is 0 Å². The van der Waals surface area contributed by atoms with E-state index in [4.69, 9.17) is 4.42 Å². The average molecular weight is 387 g/mol. The number of furan rings is 1. The summed E-state index contributed by atoms with van der Waals surface area (Å²) in [5.41, 5.74) is 2.49. The Hall–Kier alpha value is -0.580. The van der Waals surface area contributed by atoms with Crippen molar-refractivity contribution in [3.8, 4) is 0 Å². The van der Waals surface area contributed by atoms with Gasteiger partial charge in [0.25, 0.3) is 0 Å². The van der Waals surface area contributed by atoms with Gasteiger partial charge in [-0.25, -0.2) is 0 Å². The van der Waals surface area contributed by atoms with Crippen LogP contribution in [0.2, 0.25) is 0 Å². The first-order chi connectivity index (χ1) is 9.11. The molecule has 0 aliphatic rings. The summed E-state index contributed by atoms with van der Waals surface area (Å²) >= 11 is 6.91. The smallest absolute Gasteiger partial charge is 0.169 e. The van der Waals surface area contributed by atoms with Gasteiger partial charge in [-0.15, -0.1) is 0 Å². The molecule has 0 aliphatic carbocycles. The highest BCUT2D eigenvalue weighted by Crippen LogP contribution is 2.30. The molecule has 1 aromatic heterocycles. The Kier molecular flexibility index (Phi) is 5.25. The SMILES string of the molecule is CCCNC(c1ccc(Br)o1)c1cc(Br)ccc1C. The summed E-state index contributed by atoms with van der Waals surface area (Å²) in [4.78, 5) is 0. The van der Waals surface area contributed by atoms with E-state index in [-0.39, 0.29) is 6.04 Å². The number of aryl methyl sites for hydroxylation is 1. The van der Waals surface area contributed by atoms with Gasteiger partial charge in [-0.05, 0) is 71.2 Å². The van der Waals surface area contributed by atoms with Crippen molar-refractivity contribution in [2.75, 3.05) is 6.54 Å². The van der Waals surface area contributed by atoms with Gasteiger partial charge < -0.3 is 9.73 Å². The lowest BCUT2D eigenvalue weighted by molar-refractivity contribution is 0.432. The van der Waals surface area contributed by atoms with E-state index < -0.39 is 0 Å². The van der Waals surface area contributed by atoms with E-state index in [1.807, 2.05) is 12.1 Å². The van der Waals surface area contributed by atoms with Crippen molar-refractivity contribution in [2.24, 2.45) is 0 Å². The van der Waals surface area contributed by atoms with Crippen molar-refractivity contribution in [1.82, 2.24) is 5.32 Å². The van der Waals surface area contributed by atoms with Crippen LogP contribution in [0, 0.1) is 6.92 Å². The van der Waals surface area contributed by atoms with E-state index in [1.165, 1.54) is 11.1 Å². The van der Waals surface area contributed by atoms with Crippen LogP contribution in [-0.4, -0.2) is 6.54 Å². The van der Waals surface area contributed by atoms with Gasteiger partial charge in [0.15, 0.2) is 4.67 Å². The monoisotopic (exact) mass is 385 g/mol. The molecule has 2 aromatic rings. The zero-order valence-electron chi connectivity index (χ0n) is 11.0. The van der Waals surface area contributed by atoms with Crippen LogP contribution >= 0.6 is 31.9 Å². The Morgan fingerprint density at radius 1 is 1.21 bits per heavy atom. The maximum absolute atomic E-state index is 5.73. The summed E-state index contributed by atoms with van der Waals surface area (Å²) < 4.78 is 7.58. The zero-order chi connectivity index (χ0) is 13.8. The van der Waals surface area contributed by atoms with Gasteiger partial charge in [-0.3, -0.25) is 0 Å². The Bertz CT molecular complexity index is 551. The number of nitrogens with one attached hydrogen (secondary N) is 1. The van der Waals surface area contributed by atoms with Gasteiger partial charge in [0.2, 0.25) is 0 Å². The molecule has 1 unspecified atom stereocenters. The van der Waals surface area contributed by atoms with E-state index in [9.17, 15) is 0 Å². The topological polar surface area (TPSA) is 25.2 Å². The Morgan fingerprint density at radius 3 is 2.63 bits per heavy atom. The molecule has 0 saturated carbocycles. The fourth-order valence-electron chi connectivity index (χ4n) is 2.06. The average Bonchev–Trinajstić information content (AvgIpc) is 2.80. The number of halogens is 2. The Morgan fingerprint density at radius 2 is 2.00 bits per heavy atom. The molecule has 0 radical (unpaired) electrons. The minimum absolute atomic E-state index is 0.0868. The van der Waals surface area contributed by atoms with E-state index in [1.54, 1.807) is 0 Å². The summed E-state index contributed by atoms with van der Waals surface area (Å²) in [6.07, 6.45) is 1.09. The first kappa shape index (κ1) is 14.8. The highest BCUT2D eigenvalue weighted by atomic mass is 79.9. The van der Waals surface area contributed by atoms with Gasteiger partial charge in [-0.2, -0.15) is 0 Å². The number of rotatable bonds is 5. The summed E-state index contributed by atoms with van der Waals surface area (Å²) in [5, 5.41) is 3.55. The molecule has 0 amide bonds. The van der Waals surface area contributed by atoms with Crippen LogP contribution < -0.4 is 5.32 Å². The van der Waals surface area contributed by atoms with Gasteiger partial charge in [0, 0.05) is 4.47 Å². The van der Waals surface area contributed by atoms with Crippen molar-refractivity contribution < 1.29 is 4.42 Å². The largest absolute Gasteiger partial charge is 0.452 e. The highest BCUT2D eigenvalue weighted by Gasteiger charge is 2.19. The first-order valence-corrected chi connectivity index (χ1v) is 7.95. The molecular weight excluding hydrogens is 370 g/mol. The molecule has 1 heterocycles. The summed E-state index contributed by atoms with van der Waals surface area (Å²) in [6, 6.07) is 10.4. The number of hydrogen-bond donors (Lipinski definition) is 1. The van der Waals surface area contributed by atoms with Crippen LogP contribution in [0.3, 0.4) is 0 Å². The lowest BCUT2D eigenvalue weighted by Gasteiger charge is -2.19. The normalized spacial score (nSPS) is 12.6. The van der Waals surface area contributed by atoms with E-state index in [2.05, 4.69) is 69.2 Å². The quantitative estimate of drug-likeness (QED) is 0.763. The fourth-order valence-corrected chi connectivity index (χ4v) is 2.76. The van der Waals surface area contributed by atoms with Crippen LogP contribution in [0.1, 0.15) is 36.3 Å². The molecule has 4 heteroatoms. The standard InChI is InChI=1S/C15H17Br2NO/c1-3-8-18-15(13-6-7-14(17)19-13)12-9-11(16)5-4-10(12)2/h4-7,9,15,18H,3,8H2,1-2H3. The second-order valence-corrected chi connectivity index (χ2v) is 6.23. The molecule has 1 N–H and O–H groups in total.